The van der Waals surface area contributed by atoms with Gasteiger partial charge in [-0.1, -0.05) is 29.8 Å². The molecular formula is C27H29N3O4S. The summed E-state index contributed by atoms with van der Waals surface area (Å²) in [6.45, 7) is 4.38. The van der Waals surface area contributed by atoms with E-state index in [0.29, 0.717) is 35.2 Å². The zero-order valence-corrected chi connectivity index (χ0v) is 21.1. The molecular weight excluding hydrogens is 462 g/mol. The van der Waals surface area contributed by atoms with Crippen molar-refractivity contribution in [2.45, 2.75) is 38.8 Å². The van der Waals surface area contributed by atoms with Crippen molar-refractivity contribution in [2.75, 3.05) is 20.8 Å². The number of aromatic nitrogens is 1. The van der Waals surface area contributed by atoms with Crippen molar-refractivity contribution in [1.82, 2.24) is 15.2 Å². The maximum Gasteiger partial charge on any atom is 0.274 e. The number of fused-ring (bicyclic) bond motifs is 1. The smallest absolute Gasteiger partial charge is 0.274 e. The molecule has 35 heavy (non-hydrogen) atoms. The summed E-state index contributed by atoms with van der Waals surface area (Å²) in [5, 5.41) is 3.89. The lowest BCUT2D eigenvalue weighted by Gasteiger charge is -2.27. The Balaban J connectivity index is 1.33. The van der Waals surface area contributed by atoms with E-state index in [1.807, 2.05) is 36.9 Å². The zero-order valence-electron chi connectivity index (χ0n) is 20.3. The van der Waals surface area contributed by atoms with Crippen molar-refractivity contribution in [2.24, 2.45) is 5.92 Å². The predicted molar refractivity (Wildman–Crippen MR) is 135 cm³/mol. The Bertz CT molecular complexity index is 1290. The van der Waals surface area contributed by atoms with Crippen LogP contribution in [0, 0.1) is 19.8 Å². The van der Waals surface area contributed by atoms with Gasteiger partial charge in [0, 0.05) is 18.2 Å². The second kappa shape index (κ2) is 9.34. The summed E-state index contributed by atoms with van der Waals surface area (Å²) in [5.74, 6) is 1.33. The number of methoxy groups -OCH3 is 2. The molecule has 2 heterocycles. The Morgan fingerprint density at radius 2 is 1.89 bits per heavy atom. The molecule has 7 nitrogen and oxygen atoms in total. The number of amides is 2. The largest absolute Gasteiger partial charge is 0.493 e. The molecule has 182 valence electrons. The number of likely N-dealkylation sites (tertiary alicyclic amines) is 1. The molecule has 3 aromatic rings. The zero-order chi connectivity index (χ0) is 24.7. The summed E-state index contributed by atoms with van der Waals surface area (Å²) < 4.78 is 10.6. The highest BCUT2D eigenvalue weighted by Gasteiger charge is 2.54. The number of nitrogens with zero attached hydrogens (tertiary/aromatic N) is 2. The number of carbonyl (C=O) groups excluding carboxylic acids is 2. The van der Waals surface area contributed by atoms with E-state index in [-0.39, 0.29) is 23.9 Å². The highest BCUT2D eigenvalue weighted by molar-refractivity contribution is 7.15. The summed E-state index contributed by atoms with van der Waals surface area (Å²) in [5.41, 5.74) is 3.16. The van der Waals surface area contributed by atoms with Crippen LogP contribution in [0.1, 0.15) is 44.3 Å². The highest BCUT2D eigenvalue weighted by atomic mass is 32.1. The van der Waals surface area contributed by atoms with Crippen LogP contribution in [0.3, 0.4) is 0 Å². The van der Waals surface area contributed by atoms with Gasteiger partial charge in [-0.25, -0.2) is 4.98 Å². The number of rotatable bonds is 7. The minimum atomic E-state index is -0.205. The minimum Gasteiger partial charge on any atom is -0.493 e. The molecule has 1 unspecified atom stereocenters. The van der Waals surface area contributed by atoms with Crippen molar-refractivity contribution in [1.29, 1.82) is 0 Å². The molecule has 1 aliphatic carbocycles. The van der Waals surface area contributed by atoms with Gasteiger partial charge in [-0.15, -0.1) is 11.3 Å². The van der Waals surface area contributed by atoms with Crippen molar-refractivity contribution >= 4 is 23.2 Å². The standard InChI is InChI=1S/C27H29N3O4S/c1-15-6-5-7-17(10-15)25-24(29-16(2)35-25)27(32)30-20(11-19-12-21(19)30)14-28-26(31)18-8-9-22(33-3)23(13-18)34-4/h5-10,13,19-21H,11-12,14H2,1-4H3,(H,28,31)/t19-,20+,21?/m1/s1. The first kappa shape index (κ1) is 23.4. The number of carbonyl (C=O) groups is 2. The lowest BCUT2D eigenvalue weighted by atomic mass is 10.1. The molecule has 0 spiro atoms. The van der Waals surface area contributed by atoms with Crippen LogP contribution in [0.5, 0.6) is 11.5 Å². The Morgan fingerprint density at radius 1 is 1.09 bits per heavy atom. The van der Waals surface area contributed by atoms with E-state index in [0.717, 1.165) is 33.9 Å². The topological polar surface area (TPSA) is 80.8 Å². The summed E-state index contributed by atoms with van der Waals surface area (Å²) in [6.07, 6.45) is 1.92. The second-order valence-corrected chi connectivity index (χ2v) is 10.4. The number of hydrogen-bond acceptors (Lipinski definition) is 6. The molecule has 1 saturated carbocycles. The van der Waals surface area contributed by atoms with Gasteiger partial charge < -0.3 is 19.7 Å². The van der Waals surface area contributed by atoms with Crippen LogP contribution in [-0.2, 0) is 0 Å². The van der Waals surface area contributed by atoms with E-state index in [1.165, 1.54) is 0 Å². The van der Waals surface area contributed by atoms with Crippen molar-refractivity contribution in [3.63, 3.8) is 0 Å². The molecule has 0 bridgehead atoms. The molecule has 0 radical (unpaired) electrons. The van der Waals surface area contributed by atoms with Gasteiger partial charge in [0.05, 0.1) is 30.1 Å². The Hall–Kier alpha value is -3.39. The van der Waals surface area contributed by atoms with Crippen LogP contribution in [0.15, 0.2) is 42.5 Å². The average Bonchev–Trinajstić information content (AvgIpc) is 3.35. The molecule has 3 atom stereocenters. The van der Waals surface area contributed by atoms with Crippen LogP contribution in [0.4, 0.5) is 0 Å². The number of aryl methyl sites for hydroxylation is 2. The van der Waals surface area contributed by atoms with Crippen LogP contribution >= 0.6 is 11.3 Å². The fourth-order valence-electron chi connectivity index (χ4n) is 5.02. The third-order valence-corrected chi connectivity index (χ3v) is 7.83. The fourth-order valence-corrected chi connectivity index (χ4v) is 5.93. The summed E-state index contributed by atoms with van der Waals surface area (Å²) in [4.78, 5) is 34.2. The van der Waals surface area contributed by atoms with E-state index in [4.69, 9.17) is 9.47 Å². The van der Waals surface area contributed by atoms with Gasteiger partial charge in [0.15, 0.2) is 11.5 Å². The van der Waals surface area contributed by atoms with Gasteiger partial charge >= 0.3 is 0 Å². The van der Waals surface area contributed by atoms with Crippen LogP contribution in [0.2, 0.25) is 0 Å². The van der Waals surface area contributed by atoms with Crippen LogP contribution < -0.4 is 14.8 Å². The lowest BCUT2D eigenvalue weighted by Crippen LogP contribution is -2.45. The molecule has 2 amide bonds. The Labute approximate surface area is 209 Å². The SMILES string of the molecule is COc1ccc(C(=O)NC[C@@H]2C[C@@H]3CC3N2C(=O)c2nc(C)sc2-c2cccc(C)c2)cc1OC. The van der Waals surface area contributed by atoms with Crippen molar-refractivity contribution in [3.8, 4) is 21.9 Å². The van der Waals surface area contributed by atoms with Gasteiger partial charge in [-0.2, -0.15) is 0 Å². The quantitative estimate of drug-likeness (QED) is 0.527. The van der Waals surface area contributed by atoms with Crippen molar-refractivity contribution in [3.05, 3.63) is 64.3 Å². The van der Waals surface area contributed by atoms with Gasteiger partial charge in [-0.3, -0.25) is 9.59 Å². The van der Waals surface area contributed by atoms with E-state index in [9.17, 15) is 9.59 Å². The molecule has 1 aromatic heterocycles. The first-order valence-corrected chi connectivity index (χ1v) is 12.6. The maximum atomic E-state index is 13.8. The number of piperidine rings is 1. The first-order chi connectivity index (χ1) is 16.9. The van der Waals surface area contributed by atoms with Gasteiger partial charge in [0.2, 0.25) is 0 Å². The third kappa shape index (κ3) is 4.50. The maximum absolute atomic E-state index is 13.8. The molecule has 2 fully saturated rings. The Morgan fingerprint density at radius 3 is 2.63 bits per heavy atom. The average molecular weight is 492 g/mol. The first-order valence-electron chi connectivity index (χ1n) is 11.8. The monoisotopic (exact) mass is 491 g/mol. The number of thiazole rings is 1. The molecule has 5 rings (SSSR count). The van der Waals surface area contributed by atoms with Crippen LogP contribution in [0.25, 0.3) is 10.4 Å². The van der Waals surface area contributed by atoms with E-state index in [1.54, 1.807) is 43.8 Å². The predicted octanol–water partition coefficient (Wildman–Crippen LogP) is 4.48. The molecule has 2 aromatic carbocycles. The Kier molecular flexibility index (Phi) is 6.23. The third-order valence-electron chi connectivity index (χ3n) is 6.81. The van der Waals surface area contributed by atoms with Gasteiger partial charge in [-0.05, 0) is 56.4 Å². The van der Waals surface area contributed by atoms with Crippen molar-refractivity contribution < 1.29 is 19.1 Å². The normalized spacial score (nSPS) is 20.3. The molecule has 8 heteroatoms. The minimum absolute atomic E-state index is 0.0405. The molecule has 1 saturated heterocycles. The summed E-state index contributed by atoms with van der Waals surface area (Å²) >= 11 is 1.55. The van der Waals surface area contributed by atoms with E-state index >= 15 is 0 Å². The lowest BCUT2D eigenvalue weighted by molar-refractivity contribution is 0.0684. The second-order valence-electron chi connectivity index (χ2n) is 9.22. The molecule has 2 aliphatic rings. The number of hydrogen-bond donors (Lipinski definition) is 1. The summed E-state index contributed by atoms with van der Waals surface area (Å²) in [6, 6.07) is 13.4. The van der Waals surface area contributed by atoms with Gasteiger partial charge in [0.25, 0.3) is 11.8 Å². The highest BCUT2D eigenvalue weighted by Crippen LogP contribution is 2.48. The molecule has 1 N–H and O–H groups in total. The van der Waals surface area contributed by atoms with Gasteiger partial charge in [0.1, 0.15) is 5.69 Å². The van der Waals surface area contributed by atoms with E-state index in [2.05, 4.69) is 16.4 Å². The molecule has 1 aliphatic heterocycles. The summed E-state index contributed by atoms with van der Waals surface area (Å²) in [7, 11) is 3.10. The number of nitrogens with one attached hydrogen (secondary N) is 1. The van der Waals surface area contributed by atoms with Crippen LogP contribution in [-0.4, -0.2) is 54.5 Å². The fraction of sp³-hybridized carbons (Fsp3) is 0.370. The van der Waals surface area contributed by atoms with E-state index < -0.39 is 0 Å². The number of benzene rings is 2. The number of ether oxygens (including phenoxy) is 2.